The summed E-state index contributed by atoms with van der Waals surface area (Å²) in [6.45, 7) is 1.80. The highest BCUT2D eigenvalue weighted by Crippen LogP contribution is 2.18. The molecule has 1 rings (SSSR count). The summed E-state index contributed by atoms with van der Waals surface area (Å²) in [6, 6.07) is 0.790. The third-order valence-electron chi connectivity index (χ3n) is 2.35. The van der Waals surface area contributed by atoms with Crippen molar-refractivity contribution < 1.29 is 14.3 Å². The van der Waals surface area contributed by atoms with E-state index in [1.54, 1.807) is 6.92 Å². The summed E-state index contributed by atoms with van der Waals surface area (Å²) < 4.78 is 4.89. The molecule has 0 aliphatic rings. The third kappa shape index (κ3) is 5.20. The molecule has 0 aliphatic carbocycles. The van der Waals surface area contributed by atoms with Gasteiger partial charge >= 0.3 is 0 Å². The predicted octanol–water partition coefficient (Wildman–Crippen LogP) is 0.708. The Kier molecular flexibility index (Phi) is 9.70. The van der Waals surface area contributed by atoms with E-state index in [4.69, 9.17) is 16.2 Å². The van der Waals surface area contributed by atoms with Crippen LogP contribution in [0.3, 0.4) is 0 Å². The summed E-state index contributed by atoms with van der Waals surface area (Å²) >= 11 is 0. The Morgan fingerprint density at radius 2 is 2.05 bits per heavy atom. The number of rotatable bonds is 5. The van der Waals surface area contributed by atoms with E-state index >= 15 is 0 Å². The maximum Gasteiger partial charge on any atom is 0.254 e. The topological polar surface area (TPSA) is 120 Å². The molecular formula is C11H18Cl2N4O3. The van der Waals surface area contributed by atoms with Gasteiger partial charge in [0.05, 0.1) is 25.0 Å². The van der Waals surface area contributed by atoms with Crippen molar-refractivity contribution in [3.8, 4) is 5.88 Å². The number of hydrogen-bond acceptors (Lipinski definition) is 5. The lowest BCUT2D eigenvalue weighted by Crippen LogP contribution is -2.34. The number of carbonyl (C=O) groups is 2. The second-order valence-electron chi connectivity index (χ2n) is 3.65. The monoisotopic (exact) mass is 324 g/mol. The first kappa shape index (κ1) is 20.7. The molecule has 2 amide bonds. The number of nitrogens with zero attached hydrogens (tertiary/aromatic N) is 1. The molecule has 0 saturated carbocycles. The van der Waals surface area contributed by atoms with E-state index in [2.05, 4.69) is 10.3 Å². The first-order valence-corrected chi connectivity index (χ1v) is 5.39. The van der Waals surface area contributed by atoms with Crippen molar-refractivity contribution >= 4 is 42.3 Å². The van der Waals surface area contributed by atoms with Gasteiger partial charge in [-0.25, -0.2) is 4.98 Å². The van der Waals surface area contributed by atoms with Crippen LogP contribution in [0, 0.1) is 0 Å². The molecule has 0 aliphatic heterocycles. The molecule has 1 aromatic rings. The Balaban J connectivity index is 0. The fourth-order valence-corrected chi connectivity index (χ4v) is 1.28. The van der Waals surface area contributed by atoms with Crippen molar-refractivity contribution in [1.82, 2.24) is 4.98 Å². The molecule has 7 nitrogen and oxygen atoms in total. The van der Waals surface area contributed by atoms with Crippen LogP contribution in [0.5, 0.6) is 5.88 Å². The summed E-state index contributed by atoms with van der Waals surface area (Å²) in [5.41, 5.74) is 11.2. The molecular weight excluding hydrogens is 307 g/mol. The highest BCUT2D eigenvalue weighted by atomic mass is 35.5. The predicted molar refractivity (Wildman–Crippen MR) is 80.7 cm³/mol. The Bertz CT molecular complexity index is 471. The first-order chi connectivity index (χ1) is 8.49. The Labute approximate surface area is 129 Å². The summed E-state index contributed by atoms with van der Waals surface area (Å²) in [5.74, 6) is -0.921. The van der Waals surface area contributed by atoms with Crippen molar-refractivity contribution in [1.29, 1.82) is 0 Å². The Morgan fingerprint density at radius 1 is 1.45 bits per heavy atom. The largest absolute Gasteiger partial charge is 0.480 e. The van der Waals surface area contributed by atoms with E-state index < -0.39 is 11.9 Å². The molecule has 0 aromatic carbocycles. The molecule has 114 valence electrons. The highest BCUT2D eigenvalue weighted by Gasteiger charge is 2.15. The van der Waals surface area contributed by atoms with Crippen molar-refractivity contribution in [2.45, 2.75) is 19.4 Å². The number of pyridine rings is 1. The fraction of sp³-hybridized carbons (Fsp3) is 0.364. The van der Waals surface area contributed by atoms with Crippen LogP contribution in [0.15, 0.2) is 12.3 Å². The normalized spacial score (nSPS) is 10.6. The van der Waals surface area contributed by atoms with Gasteiger partial charge in [0, 0.05) is 0 Å². The average Bonchev–Trinajstić information content (AvgIpc) is 2.37. The minimum atomic E-state index is -0.685. The lowest BCUT2D eigenvalue weighted by Gasteiger charge is -2.11. The Hall–Kier alpha value is -1.57. The Morgan fingerprint density at radius 3 is 2.50 bits per heavy atom. The molecule has 0 saturated heterocycles. The van der Waals surface area contributed by atoms with Crippen LogP contribution in [-0.2, 0) is 4.79 Å². The molecule has 1 aromatic heterocycles. The number of ether oxygens (including phenoxy) is 1. The van der Waals surface area contributed by atoms with Gasteiger partial charge in [-0.2, -0.15) is 0 Å². The number of nitrogens with two attached hydrogens (primary N) is 2. The maximum atomic E-state index is 11.6. The molecule has 0 radical (unpaired) electrons. The van der Waals surface area contributed by atoms with Crippen LogP contribution < -0.4 is 21.5 Å². The van der Waals surface area contributed by atoms with Crippen molar-refractivity contribution in [2.24, 2.45) is 11.5 Å². The molecule has 0 bridgehead atoms. The third-order valence-corrected chi connectivity index (χ3v) is 2.35. The molecule has 9 heteroatoms. The van der Waals surface area contributed by atoms with Crippen molar-refractivity contribution in [3.05, 3.63) is 17.8 Å². The SMILES string of the molecule is CC[C@H](N)C(=O)Nc1cnc(OC)c(C(N)=O)c1.Cl.Cl. The molecule has 1 heterocycles. The molecule has 20 heavy (non-hydrogen) atoms. The first-order valence-electron chi connectivity index (χ1n) is 5.39. The maximum absolute atomic E-state index is 11.6. The number of aromatic nitrogens is 1. The number of halogens is 2. The van der Waals surface area contributed by atoms with Crippen molar-refractivity contribution in [2.75, 3.05) is 12.4 Å². The molecule has 5 N–H and O–H groups in total. The lowest BCUT2D eigenvalue weighted by atomic mass is 10.2. The average molecular weight is 325 g/mol. The van der Waals surface area contributed by atoms with E-state index in [0.29, 0.717) is 12.1 Å². The van der Waals surface area contributed by atoms with Gasteiger partial charge in [0.2, 0.25) is 11.8 Å². The van der Waals surface area contributed by atoms with E-state index in [1.807, 2.05) is 0 Å². The number of anilines is 1. The lowest BCUT2D eigenvalue weighted by molar-refractivity contribution is -0.117. The highest BCUT2D eigenvalue weighted by molar-refractivity contribution is 5.98. The van der Waals surface area contributed by atoms with E-state index in [0.717, 1.165) is 0 Å². The van der Waals surface area contributed by atoms with Crippen LogP contribution in [0.2, 0.25) is 0 Å². The number of amides is 2. The van der Waals surface area contributed by atoms with Crippen LogP contribution in [0.25, 0.3) is 0 Å². The zero-order valence-electron chi connectivity index (χ0n) is 11.1. The zero-order valence-corrected chi connectivity index (χ0v) is 12.7. The number of primary amides is 1. The number of nitrogens with one attached hydrogen (secondary N) is 1. The number of carbonyl (C=O) groups excluding carboxylic acids is 2. The summed E-state index contributed by atoms with van der Waals surface area (Å²) in [4.78, 5) is 26.6. The van der Waals surface area contributed by atoms with Gasteiger partial charge in [-0.05, 0) is 12.5 Å². The standard InChI is InChI=1S/C11H16N4O3.2ClH/c1-3-8(12)10(17)15-6-4-7(9(13)16)11(18-2)14-5-6;;/h4-5,8H,3,12H2,1-2H3,(H2,13,16)(H,15,17);2*1H/t8-;;/m0../s1. The van der Waals surface area contributed by atoms with Gasteiger partial charge in [0.1, 0.15) is 5.56 Å². The summed E-state index contributed by atoms with van der Waals surface area (Å²) in [7, 11) is 1.38. The van der Waals surface area contributed by atoms with Crippen LogP contribution in [-0.4, -0.2) is 29.9 Å². The van der Waals surface area contributed by atoms with Crippen LogP contribution in [0.1, 0.15) is 23.7 Å². The molecule has 1 atom stereocenters. The van der Waals surface area contributed by atoms with E-state index in [9.17, 15) is 9.59 Å². The van der Waals surface area contributed by atoms with Gasteiger partial charge in [-0.15, -0.1) is 24.8 Å². The van der Waals surface area contributed by atoms with Gasteiger partial charge in [0.25, 0.3) is 5.91 Å². The minimum Gasteiger partial charge on any atom is -0.480 e. The van der Waals surface area contributed by atoms with E-state index in [-0.39, 0.29) is 42.2 Å². The fourth-order valence-electron chi connectivity index (χ4n) is 1.28. The van der Waals surface area contributed by atoms with Gasteiger partial charge in [0.15, 0.2) is 0 Å². The van der Waals surface area contributed by atoms with Gasteiger partial charge in [-0.3, -0.25) is 9.59 Å². The second kappa shape index (κ2) is 9.35. The van der Waals surface area contributed by atoms with Crippen LogP contribution in [0.4, 0.5) is 5.69 Å². The van der Waals surface area contributed by atoms with Crippen molar-refractivity contribution in [3.63, 3.8) is 0 Å². The van der Waals surface area contributed by atoms with Crippen LogP contribution >= 0.6 is 24.8 Å². The van der Waals surface area contributed by atoms with Gasteiger partial charge < -0.3 is 21.5 Å². The molecule has 0 unspecified atom stereocenters. The number of methoxy groups -OCH3 is 1. The smallest absolute Gasteiger partial charge is 0.254 e. The molecule has 0 fully saturated rings. The number of hydrogen-bond donors (Lipinski definition) is 3. The minimum absolute atomic E-state index is 0. The second-order valence-corrected chi connectivity index (χ2v) is 3.65. The molecule has 0 spiro atoms. The van der Waals surface area contributed by atoms with E-state index in [1.165, 1.54) is 19.4 Å². The van der Waals surface area contributed by atoms with Gasteiger partial charge in [-0.1, -0.05) is 6.92 Å². The quantitative estimate of drug-likeness (QED) is 0.736. The zero-order chi connectivity index (χ0) is 13.7. The summed E-state index contributed by atoms with van der Waals surface area (Å²) in [5, 5.41) is 2.55. The summed E-state index contributed by atoms with van der Waals surface area (Å²) in [6.07, 6.45) is 1.88.